The quantitative estimate of drug-likeness (QED) is 0.774. The fraction of sp³-hybridized carbons (Fsp3) is 0.524. The molecule has 144 valence electrons. The fourth-order valence-corrected chi connectivity index (χ4v) is 4.04. The maximum Gasteiger partial charge on any atom is 0.255 e. The van der Waals surface area contributed by atoms with Crippen molar-refractivity contribution in [3.8, 4) is 5.75 Å². The number of piperidine rings is 1. The molecule has 1 aromatic carbocycles. The molecule has 0 aliphatic carbocycles. The summed E-state index contributed by atoms with van der Waals surface area (Å²) in [5.41, 5.74) is 3.95. The number of fused-ring (bicyclic) bond motifs is 1. The van der Waals surface area contributed by atoms with Crippen LogP contribution in [0.1, 0.15) is 78.2 Å². The number of carbonyl (C=O) groups is 1. The van der Waals surface area contributed by atoms with Crippen molar-refractivity contribution < 1.29 is 9.53 Å². The van der Waals surface area contributed by atoms with Crippen LogP contribution in [0.25, 0.3) is 0 Å². The average molecular weight is 368 g/mol. The molecule has 0 spiro atoms. The first-order valence-corrected chi connectivity index (χ1v) is 9.95. The first-order chi connectivity index (χ1) is 13.1. The molecular formula is C21H28N4O2. The molecule has 3 heterocycles. The summed E-state index contributed by atoms with van der Waals surface area (Å²) in [5, 5.41) is 13.8. The minimum absolute atomic E-state index is 0.0350. The number of amides is 1. The summed E-state index contributed by atoms with van der Waals surface area (Å²) in [5.74, 6) is 1.57. The van der Waals surface area contributed by atoms with Crippen molar-refractivity contribution in [1.82, 2.24) is 20.8 Å². The zero-order chi connectivity index (χ0) is 18.8. The number of carbonyl (C=O) groups excluding carboxylic acids is 1. The predicted molar refractivity (Wildman–Crippen MR) is 104 cm³/mol. The van der Waals surface area contributed by atoms with Crippen molar-refractivity contribution in [2.75, 3.05) is 19.7 Å². The predicted octanol–water partition coefficient (Wildman–Crippen LogP) is 3.25. The zero-order valence-electron chi connectivity index (χ0n) is 16.0. The normalized spacial score (nSPS) is 22.2. The van der Waals surface area contributed by atoms with Crippen LogP contribution in [0.4, 0.5) is 0 Å². The molecule has 1 saturated heterocycles. The van der Waals surface area contributed by atoms with Gasteiger partial charge in [0.05, 0.1) is 30.1 Å². The topological polar surface area (TPSA) is 79.0 Å². The van der Waals surface area contributed by atoms with Crippen LogP contribution in [0.3, 0.4) is 0 Å². The van der Waals surface area contributed by atoms with E-state index in [2.05, 4.69) is 46.8 Å². The van der Waals surface area contributed by atoms with Crippen LogP contribution in [0.5, 0.6) is 5.75 Å². The largest absolute Gasteiger partial charge is 0.493 e. The van der Waals surface area contributed by atoms with Gasteiger partial charge in [0.2, 0.25) is 0 Å². The smallest absolute Gasteiger partial charge is 0.255 e. The first-order valence-electron chi connectivity index (χ1n) is 9.95. The van der Waals surface area contributed by atoms with Gasteiger partial charge in [0, 0.05) is 24.4 Å². The van der Waals surface area contributed by atoms with Gasteiger partial charge in [-0.2, -0.15) is 5.10 Å². The summed E-state index contributed by atoms with van der Waals surface area (Å²) in [6.45, 7) is 6.90. The second-order valence-corrected chi connectivity index (χ2v) is 7.86. The maximum absolute atomic E-state index is 13.0. The third-order valence-corrected chi connectivity index (χ3v) is 5.66. The van der Waals surface area contributed by atoms with E-state index in [0.29, 0.717) is 24.0 Å². The van der Waals surface area contributed by atoms with Crippen LogP contribution in [-0.4, -0.2) is 35.8 Å². The Labute approximate surface area is 160 Å². The number of nitrogens with zero attached hydrogens (tertiary/aromatic N) is 1. The summed E-state index contributed by atoms with van der Waals surface area (Å²) >= 11 is 0. The monoisotopic (exact) mass is 368 g/mol. The highest BCUT2D eigenvalue weighted by Gasteiger charge is 2.28. The Hall–Kier alpha value is -2.34. The molecular weight excluding hydrogens is 340 g/mol. The SMILES string of the molecule is CC(C)c1ccc2c(c1)[C@@H](NC(=O)c1cn[nH]c1C1CCCNC1)CCO2. The molecule has 1 aromatic heterocycles. The van der Waals surface area contributed by atoms with Crippen molar-refractivity contribution in [3.05, 3.63) is 46.8 Å². The van der Waals surface area contributed by atoms with Crippen molar-refractivity contribution >= 4 is 5.91 Å². The minimum Gasteiger partial charge on any atom is -0.493 e. The molecule has 3 N–H and O–H groups in total. The highest BCUT2D eigenvalue weighted by atomic mass is 16.5. The van der Waals surface area contributed by atoms with Crippen LogP contribution in [0.2, 0.25) is 0 Å². The van der Waals surface area contributed by atoms with Gasteiger partial charge in [0.15, 0.2) is 0 Å². The molecule has 0 bridgehead atoms. The van der Waals surface area contributed by atoms with E-state index in [4.69, 9.17) is 4.74 Å². The Morgan fingerprint density at radius 1 is 1.33 bits per heavy atom. The summed E-state index contributed by atoms with van der Waals surface area (Å²) in [6, 6.07) is 6.27. The van der Waals surface area contributed by atoms with Gasteiger partial charge in [0.1, 0.15) is 5.75 Å². The third kappa shape index (κ3) is 3.72. The standard InChI is InChI=1S/C21H28N4O2/c1-13(2)14-5-6-19-16(10-14)18(7-9-27-19)24-21(26)17-12-23-25-20(17)15-4-3-8-22-11-15/h5-6,10,12-13,15,18,22H,3-4,7-9,11H2,1-2H3,(H,23,25)(H,24,26)/t15?,18-/m0/s1. The lowest BCUT2D eigenvalue weighted by molar-refractivity contribution is 0.0923. The number of hydrogen-bond acceptors (Lipinski definition) is 4. The van der Waals surface area contributed by atoms with Gasteiger partial charge in [-0.05, 0) is 43.0 Å². The number of nitrogens with one attached hydrogen (secondary N) is 3. The van der Waals surface area contributed by atoms with Crippen molar-refractivity contribution in [2.24, 2.45) is 0 Å². The van der Waals surface area contributed by atoms with Gasteiger partial charge < -0.3 is 15.4 Å². The molecule has 2 aliphatic rings. The van der Waals surface area contributed by atoms with Crippen LogP contribution >= 0.6 is 0 Å². The van der Waals surface area contributed by atoms with Gasteiger partial charge in [-0.1, -0.05) is 19.9 Å². The first kappa shape index (κ1) is 18.0. The van der Waals surface area contributed by atoms with E-state index in [0.717, 1.165) is 49.4 Å². The lowest BCUT2D eigenvalue weighted by Crippen LogP contribution is -2.34. The molecule has 27 heavy (non-hydrogen) atoms. The molecule has 2 aliphatic heterocycles. The summed E-state index contributed by atoms with van der Waals surface area (Å²) in [4.78, 5) is 13.0. The van der Waals surface area contributed by atoms with Gasteiger partial charge in [-0.25, -0.2) is 0 Å². The molecule has 6 heteroatoms. The molecule has 2 aromatic rings. The van der Waals surface area contributed by atoms with Crippen molar-refractivity contribution in [1.29, 1.82) is 0 Å². The maximum atomic E-state index is 13.0. The Morgan fingerprint density at radius 2 is 2.22 bits per heavy atom. The van der Waals surface area contributed by atoms with E-state index in [1.807, 2.05) is 6.07 Å². The van der Waals surface area contributed by atoms with E-state index in [1.54, 1.807) is 6.20 Å². The summed E-state index contributed by atoms with van der Waals surface area (Å²) in [6.07, 6.45) is 4.63. The number of aromatic amines is 1. The van der Waals surface area contributed by atoms with E-state index in [1.165, 1.54) is 5.56 Å². The molecule has 1 unspecified atom stereocenters. The van der Waals surface area contributed by atoms with E-state index < -0.39 is 0 Å². The third-order valence-electron chi connectivity index (χ3n) is 5.66. The molecule has 0 saturated carbocycles. The van der Waals surface area contributed by atoms with Crippen LogP contribution in [0.15, 0.2) is 24.4 Å². The number of rotatable bonds is 4. The lowest BCUT2D eigenvalue weighted by Gasteiger charge is -2.28. The molecule has 6 nitrogen and oxygen atoms in total. The average Bonchev–Trinajstić information content (AvgIpc) is 3.18. The highest BCUT2D eigenvalue weighted by Crippen LogP contribution is 2.35. The number of benzene rings is 1. The van der Waals surface area contributed by atoms with E-state index >= 15 is 0 Å². The Balaban J connectivity index is 1.55. The van der Waals surface area contributed by atoms with E-state index in [-0.39, 0.29) is 11.9 Å². The molecule has 1 fully saturated rings. The van der Waals surface area contributed by atoms with Crippen molar-refractivity contribution in [3.63, 3.8) is 0 Å². The number of ether oxygens (including phenoxy) is 1. The van der Waals surface area contributed by atoms with Gasteiger partial charge in [0.25, 0.3) is 5.91 Å². The fourth-order valence-electron chi connectivity index (χ4n) is 4.04. The summed E-state index contributed by atoms with van der Waals surface area (Å²) < 4.78 is 5.80. The Morgan fingerprint density at radius 3 is 3.00 bits per heavy atom. The number of aromatic nitrogens is 2. The molecule has 1 amide bonds. The van der Waals surface area contributed by atoms with Crippen LogP contribution < -0.4 is 15.4 Å². The second-order valence-electron chi connectivity index (χ2n) is 7.86. The molecule has 0 radical (unpaired) electrons. The van der Waals surface area contributed by atoms with Crippen LogP contribution in [-0.2, 0) is 0 Å². The second kappa shape index (κ2) is 7.72. The Bertz CT molecular complexity index is 808. The minimum atomic E-state index is -0.0582. The van der Waals surface area contributed by atoms with Gasteiger partial charge in [-0.15, -0.1) is 0 Å². The number of H-pyrrole nitrogens is 1. The van der Waals surface area contributed by atoms with Crippen LogP contribution in [0, 0.1) is 0 Å². The lowest BCUT2D eigenvalue weighted by atomic mass is 9.92. The Kier molecular flexibility index (Phi) is 5.16. The van der Waals surface area contributed by atoms with E-state index in [9.17, 15) is 4.79 Å². The molecule has 2 atom stereocenters. The van der Waals surface area contributed by atoms with Gasteiger partial charge >= 0.3 is 0 Å². The van der Waals surface area contributed by atoms with Gasteiger partial charge in [-0.3, -0.25) is 9.89 Å². The van der Waals surface area contributed by atoms with Crippen molar-refractivity contribution in [2.45, 2.75) is 51.0 Å². The zero-order valence-corrected chi connectivity index (χ0v) is 16.0. The summed E-state index contributed by atoms with van der Waals surface area (Å²) in [7, 11) is 0. The highest BCUT2D eigenvalue weighted by molar-refractivity contribution is 5.95. The number of hydrogen-bond donors (Lipinski definition) is 3. The molecule has 4 rings (SSSR count).